The lowest BCUT2D eigenvalue weighted by molar-refractivity contribution is 0.412. The van der Waals surface area contributed by atoms with Gasteiger partial charge in [-0.3, -0.25) is 0 Å². The minimum absolute atomic E-state index is 0.929. The summed E-state index contributed by atoms with van der Waals surface area (Å²) in [6, 6.07) is 12.4. The number of aromatic amines is 1. The third kappa shape index (κ3) is 1.31. The topological polar surface area (TPSA) is 25.0 Å². The second kappa shape index (κ2) is 3.66. The van der Waals surface area contributed by atoms with Gasteiger partial charge in [0.25, 0.3) is 0 Å². The molecule has 3 heteroatoms. The van der Waals surface area contributed by atoms with Gasteiger partial charge in [0, 0.05) is 21.8 Å². The van der Waals surface area contributed by atoms with Crippen molar-refractivity contribution >= 4 is 44.4 Å². The van der Waals surface area contributed by atoms with Gasteiger partial charge in [-0.15, -0.1) is 0 Å². The molecule has 80 valence electrons. The summed E-state index contributed by atoms with van der Waals surface area (Å²) < 4.78 is 6.51. The number of aromatic nitrogens is 1. The first kappa shape index (κ1) is 9.96. The molecule has 0 amide bonds. The predicted molar refractivity (Wildman–Crippen MR) is 75.1 cm³/mol. The van der Waals surface area contributed by atoms with Gasteiger partial charge in [0.05, 0.1) is 10.7 Å². The minimum Gasteiger partial charge on any atom is -0.496 e. The first-order valence-corrected chi connectivity index (χ1v) is 6.12. The van der Waals surface area contributed by atoms with Gasteiger partial charge in [-0.2, -0.15) is 0 Å². The highest BCUT2D eigenvalue weighted by Crippen LogP contribution is 2.34. The molecule has 0 aliphatic rings. The third-order valence-corrected chi connectivity index (χ3v) is 3.86. The summed E-state index contributed by atoms with van der Waals surface area (Å²) >= 11 is 2.34. The van der Waals surface area contributed by atoms with Crippen molar-refractivity contribution in [1.82, 2.24) is 4.98 Å². The van der Waals surface area contributed by atoms with Crippen LogP contribution in [0.1, 0.15) is 0 Å². The van der Waals surface area contributed by atoms with E-state index in [1.54, 1.807) is 7.11 Å². The fourth-order valence-electron chi connectivity index (χ4n) is 2.04. The number of H-pyrrole nitrogens is 1. The Balaban J connectivity index is 2.53. The molecule has 2 aromatic carbocycles. The second-order valence-electron chi connectivity index (χ2n) is 3.67. The van der Waals surface area contributed by atoms with Crippen LogP contribution >= 0.6 is 22.6 Å². The molecule has 0 fully saturated rings. The number of nitrogens with one attached hydrogen (secondary N) is 1. The summed E-state index contributed by atoms with van der Waals surface area (Å²) in [5, 5.41) is 2.50. The highest BCUT2D eigenvalue weighted by molar-refractivity contribution is 14.1. The van der Waals surface area contributed by atoms with E-state index in [4.69, 9.17) is 4.74 Å². The molecule has 3 aromatic rings. The molecule has 0 saturated heterocycles. The standard InChI is InChI=1S/C13H10INO/c1-16-11-7-6-10-12(13(11)14)8-4-2-3-5-9(8)15-10/h2-7,15H,1H3. The summed E-state index contributed by atoms with van der Waals surface area (Å²) in [7, 11) is 1.71. The molecule has 1 heterocycles. The van der Waals surface area contributed by atoms with Crippen molar-refractivity contribution in [2.45, 2.75) is 0 Å². The Labute approximate surface area is 107 Å². The van der Waals surface area contributed by atoms with Crippen LogP contribution in [0.4, 0.5) is 0 Å². The summed E-state index contributed by atoms with van der Waals surface area (Å²) in [4.78, 5) is 3.41. The van der Waals surface area contributed by atoms with Crippen molar-refractivity contribution in [3.8, 4) is 5.75 Å². The average molecular weight is 323 g/mol. The lowest BCUT2D eigenvalue weighted by Gasteiger charge is -2.03. The van der Waals surface area contributed by atoms with Crippen LogP contribution < -0.4 is 4.74 Å². The minimum atomic E-state index is 0.929. The quantitative estimate of drug-likeness (QED) is 0.674. The molecule has 0 aliphatic heterocycles. The maximum Gasteiger partial charge on any atom is 0.132 e. The van der Waals surface area contributed by atoms with Crippen LogP contribution in [0.25, 0.3) is 21.8 Å². The number of benzene rings is 2. The Kier molecular flexibility index (Phi) is 2.28. The molecule has 0 spiro atoms. The SMILES string of the molecule is COc1ccc2[nH]c3ccccc3c2c1I. The number of halogens is 1. The van der Waals surface area contributed by atoms with Gasteiger partial charge in [0.1, 0.15) is 5.75 Å². The molecule has 0 bridgehead atoms. The molecule has 0 saturated carbocycles. The molecular formula is C13H10INO. The number of para-hydroxylation sites is 1. The van der Waals surface area contributed by atoms with Crippen molar-refractivity contribution in [3.63, 3.8) is 0 Å². The average Bonchev–Trinajstić information content (AvgIpc) is 2.68. The summed E-state index contributed by atoms with van der Waals surface area (Å²) in [5.74, 6) is 0.929. The van der Waals surface area contributed by atoms with Crippen LogP contribution in [0.2, 0.25) is 0 Å². The fraction of sp³-hybridized carbons (Fsp3) is 0.0769. The van der Waals surface area contributed by atoms with Gasteiger partial charge in [-0.25, -0.2) is 0 Å². The molecule has 1 N–H and O–H groups in total. The lowest BCUT2D eigenvalue weighted by atomic mass is 10.1. The molecule has 2 nitrogen and oxygen atoms in total. The summed E-state index contributed by atoms with van der Waals surface area (Å²) in [6.07, 6.45) is 0. The van der Waals surface area contributed by atoms with Crippen molar-refractivity contribution in [2.75, 3.05) is 7.11 Å². The van der Waals surface area contributed by atoms with E-state index < -0.39 is 0 Å². The number of fused-ring (bicyclic) bond motifs is 3. The Bertz CT molecular complexity index is 672. The molecule has 16 heavy (non-hydrogen) atoms. The maximum atomic E-state index is 5.35. The molecule has 3 rings (SSSR count). The Morgan fingerprint density at radius 1 is 1.06 bits per heavy atom. The van der Waals surface area contributed by atoms with E-state index in [1.807, 2.05) is 12.1 Å². The van der Waals surface area contributed by atoms with Crippen LogP contribution in [0, 0.1) is 3.57 Å². The van der Waals surface area contributed by atoms with E-state index in [1.165, 1.54) is 16.3 Å². The fourth-order valence-corrected chi connectivity index (χ4v) is 3.02. The van der Waals surface area contributed by atoms with Gasteiger partial charge in [0.2, 0.25) is 0 Å². The van der Waals surface area contributed by atoms with Gasteiger partial charge >= 0.3 is 0 Å². The van der Waals surface area contributed by atoms with Crippen LogP contribution in [0.15, 0.2) is 36.4 Å². The van der Waals surface area contributed by atoms with E-state index in [2.05, 4.69) is 51.8 Å². The zero-order valence-electron chi connectivity index (χ0n) is 8.75. The molecule has 1 aromatic heterocycles. The van der Waals surface area contributed by atoms with Crippen LogP contribution in [-0.4, -0.2) is 12.1 Å². The van der Waals surface area contributed by atoms with E-state index in [9.17, 15) is 0 Å². The van der Waals surface area contributed by atoms with E-state index in [0.717, 1.165) is 14.8 Å². The molecular weight excluding hydrogens is 313 g/mol. The Hall–Kier alpha value is -1.23. The number of hydrogen-bond acceptors (Lipinski definition) is 1. The molecule has 0 atom stereocenters. The Morgan fingerprint density at radius 3 is 2.69 bits per heavy atom. The molecule has 0 radical (unpaired) electrons. The van der Waals surface area contributed by atoms with Crippen molar-refractivity contribution in [2.24, 2.45) is 0 Å². The number of ether oxygens (including phenoxy) is 1. The largest absolute Gasteiger partial charge is 0.496 e. The second-order valence-corrected chi connectivity index (χ2v) is 4.75. The van der Waals surface area contributed by atoms with Gasteiger partial charge < -0.3 is 9.72 Å². The maximum absolute atomic E-state index is 5.35. The summed E-state index contributed by atoms with van der Waals surface area (Å²) in [5.41, 5.74) is 2.33. The smallest absolute Gasteiger partial charge is 0.132 e. The summed E-state index contributed by atoms with van der Waals surface area (Å²) in [6.45, 7) is 0. The molecule has 0 unspecified atom stereocenters. The van der Waals surface area contributed by atoms with E-state index in [0.29, 0.717) is 0 Å². The van der Waals surface area contributed by atoms with Crippen molar-refractivity contribution in [3.05, 3.63) is 40.0 Å². The number of hydrogen-bond donors (Lipinski definition) is 1. The zero-order valence-corrected chi connectivity index (χ0v) is 10.9. The van der Waals surface area contributed by atoms with E-state index >= 15 is 0 Å². The number of methoxy groups -OCH3 is 1. The van der Waals surface area contributed by atoms with Gasteiger partial charge in [-0.1, -0.05) is 18.2 Å². The van der Waals surface area contributed by atoms with Gasteiger partial charge in [0.15, 0.2) is 0 Å². The normalized spacial score (nSPS) is 11.1. The van der Waals surface area contributed by atoms with E-state index in [-0.39, 0.29) is 0 Å². The first-order valence-electron chi connectivity index (χ1n) is 5.04. The van der Waals surface area contributed by atoms with Crippen LogP contribution in [-0.2, 0) is 0 Å². The predicted octanol–water partition coefficient (Wildman–Crippen LogP) is 3.93. The Morgan fingerprint density at radius 2 is 1.88 bits per heavy atom. The lowest BCUT2D eigenvalue weighted by Crippen LogP contribution is -1.86. The molecule has 0 aliphatic carbocycles. The monoisotopic (exact) mass is 323 g/mol. The van der Waals surface area contributed by atoms with Crippen LogP contribution in [0.5, 0.6) is 5.75 Å². The van der Waals surface area contributed by atoms with Crippen LogP contribution in [0.3, 0.4) is 0 Å². The van der Waals surface area contributed by atoms with Crippen molar-refractivity contribution in [1.29, 1.82) is 0 Å². The zero-order chi connectivity index (χ0) is 11.1. The highest BCUT2D eigenvalue weighted by atomic mass is 127. The first-order chi connectivity index (χ1) is 7.81. The van der Waals surface area contributed by atoms with Gasteiger partial charge in [-0.05, 0) is 40.8 Å². The highest BCUT2D eigenvalue weighted by Gasteiger charge is 2.10. The third-order valence-electron chi connectivity index (χ3n) is 2.79. The number of rotatable bonds is 1. The van der Waals surface area contributed by atoms with Crippen molar-refractivity contribution < 1.29 is 4.74 Å².